The van der Waals surface area contributed by atoms with Gasteiger partial charge in [-0.05, 0) is 43.6 Å². The topological polar surface area (TPSA) is 102 Å². The minimum absolute atomic E-state index is 0. The molecule has 1 amide bonds. The lowest BCUT2D eigenvalue weighted by atomic mass is 9.95. The molecule has 134 valence electrons. The molecule has 2 aromatic rings. The number of nitro groups is 1. The maximum atomic E-state index is 12.3. The van der Waals surface area contributed by atoms with Crippen LogP contribution < -0.4 is 10.6 Å². The molecule has 2 atom stereocenters. The molecule has 8 nitrogen and oxygen atoms in total. The Morgan fingerprint density at radius 2 is 2.08 bits per heavy atom. The number of hydrogen-bond acceptors (Lipinski definition) is 5. The van der Waals surface area contributed by atoms with E-state index in [-0.39, 0.29) is 30.0 Å². The second-order valence-corrected chi connectivity index (χ2v) is 5.97. The van der Waals surface area contributed by atoms with E-state index < -0.39 is 4.92 Å². The molecule has 2 heterocycles. The first-order chi connectivity index (χ1) is 11.5. The molecule has 2 N–H and O–H groups in total. The SMILES string of the molecule is CC1CNCCC1NC(=O)c1ccn(-c2ccc([N+](=O)[O-])cc2)n1.Cl. The predicted octanol–water partition coefficient (Wildman–Crippen LogP) is 1.93. The molecule has 0 aliphatic carbocycles. The van der Waals surface area contributed by atoms with Gasteiger partial charge in [0.05, 0.1) is 10.6 Å². The minimum atomic E-state index is -0.452. The number of benzene rings is 1. The van der Waals surface area contributed by atoms with Gasteiger partial charge in [-0.25, -0.2) is 4.68 Å². The molecule has 1 aliphatic heterocycles. The number of non-ortho nitro benzene ring substituents is 1. The van der Waals surface area contributed by atoms with Gasteiger partial charge in [-0.15, -0.1) is 12.4 Å². The maximum Gasteiger partial charge on any atom is 0.272 e. The van der Waals surface area contributed by atoms with Gasteiger partial charge in [0.25, 0.3) is 11.6 Å². The van der Waals surface area contributed by atoms with Gasteiger partial charge in [0, 0.05) is 24.4 Å². The Balaban J connectivity index is 0.00000225. The molecule has 0 bridgehead atoms. The molecule has 9 heteroatoms. The second kappa shape index (κ2) is 8.09. The summed E-state index contributed by atoms with van der Waals surface area (Å²) in [6, 6.07) is 7.80. The Morgan fingerprint density at radius 3 is 2.72 bits per heavy atom. The Bertz CT molecular complexity index is 746. The lowest BCUT2D eigenvalue weighted by Gasteiger charge is -2.29. The fourth-order valence-corrected chi connectivity index (χ4v) is 2.79. The van der Waals surface area contributed by atoms with Crippen LogP contribution in [0.25, 0.3) is 5.69 Å². The number of halogens is 1. The van der Waals surface area contributed by atoms with Gasteiger partial charge >= 0.3 is 0 Å². The first-order valence-electron chi connectivity index (χ1n) is 7.86. The van der Waals surface area contributed by atoms with Gasteiger partial charge < -0.3 is 10.6 Å². The van der Waals surface area contributed by atoms with Crippen molar-refractivity contribution in [3.8, 4) is 5.69 Å². The first kappa shape index (κ1) is 18.9. The normalized spacial score (nSPS) is 19.7. The maximum absolute atomic E-state index is 12.3. The van der Waals surface area contributed by atoms with Crippen LogP contribution in [0.5, 0.6) is 0 Å². The van der Waals surface area contributed by atoms with Crippen molar-refractivity contribution in [1.29, 1.82) is 0 Å². The number of amides is 1. The molecule has 0 saturated carbocycles. The Hall–Kier alpha value is -2.45. The van der Waals surface area contributed by atoms with Crippen LogP contribution in [-0.2, 0) is 0 Å². The predicted molar refractivity (Wildman–Crippen MR) is 95.4 cm³/mol. The highest BCUT2D eigenvalue weighted by Crippen LogP contribution is 2.15. The number of hydrogen-bond donors (Lipinski definition) is 2. The zero-order valence-corrected chi connectivity index (χ0v) is 14.5. The van der Waals surface area contributed by atoms with E-state index in [1.165, 1.54) is 16.8 Å². The highest BCUT2D eigenvalue weighted by atomic mass is 35.5. The summed E-state index contributed by atoms with van der Waals surface area (Å²) >= 11 is 0. The number of carbonyl (C=O) groups excluding carboxylic acids is 1. The van der Waals surface area contributed by atoms with Crippen LogP contribution in [-0.4, -0.2) is 39.7 Å². The summed E-state index contributed by atoms with van der Waals surface area (Å²) in [4.78, 5) is 22.6. The number of aromatic nitrogens is 2. The Kier molecular flexibility index (Phi) is 6.11. The molecule has 1 aliphatic rings. The largest absolute Gasteiger partial charge is 0.348 e. The average Bonchev–Trinajstić information content (AvgIpc) is 3.07. The quantitative estimate of drug-likeness (QED) is 0.636. The van der Waals surface area contributed by atoms with E-state index in [0.717, 1.165) is 19.5 Å². The van der Waals surface area contributed by atoms with Crippen LogP contribution in [0.3, 0.4) is 0 Å². The molecular weight excluding hydrogens is 346 g/mol. The van der Waals surface area contributed by atoms with E-state index in [0.29, 0.717) is 17.3 Å². The number of piperidine rings is 1. The summed E-state index contributed by atoms with van der Waals surface area (Å²) in [6.07, 6.45) is 2.57. The highest BCUT2D eigenvalue weighted by Gasteiger charge is 2.23. The summed E-state index contributed by atoms with van der Waals surface area (Å²) in [6.45, 7) is 3.89. The van der Waals surface area contributed by atoms with Crippen LogP contribution in [0, 0.1) is 16.0 Å². The van der Waals surface area contributed by atoms with Crippen LogP contribution in [0.4, 0.5) is 5.69 Å². The third-order valence-corrected chi connectivity index (χ3v) is 4.25. The molecule has 2 unspecified atom stereocenters. The molecule has 1 fully saturated rings. The Morgan fingerprint density at radius 1 is 1.36 bits per heavy atom. The number of carbonyl (C=O) groups is 1. The first-order valence-corrected chi connectivity index (χ1v) is 7.86. The van der Waals surface area contributed by atoms with E-state index in [1.54, 1.807) is 24.4 Å². The summed E-state index contributed by atoms with van der Waals surface area (Å²) in [5.74, 6) is 0.175. The lowest BCUT2D eigenvalue weighted by Crippen LogP contribution is -2.48. The third kappa shape index (κ3) is 4.34. The van der Waals surface area contributed by atoms with Crippen molar-refractivity contribution < 1.29 is 9.72 Å². The van der Waals surface area contributed by atoms with Crippen molar-refractivity contribution in [1.82, 2.24) is 20.4 Å². The van der Waals surface area contributed by atoms with Crippen molar-refractivity contribution in [3.63, 3.8) is 0 Å². The molecule has 0 radical (unpaired) electrons. The minimum Gasteiger partial charge on any atom is -0.348 e. The van der Waals surface area contributed by atoms with Gasteiger partial charge in [-0.1, -0.05) is 6.92 Å². The van der Waals surface area contributed by atoms with E-state index >= 15 is 0 Å². The monoisotopic (exact) mass is 365 g/mol. The molecule has 1 aromatic heterocycles. The summed E-state index contributed by atoms with van der Waals surface area (Å²) in [5, 5.41) is 21.3. The fraction of sp³-hybridized carbons (Fsp3) is 0.375. The van der Waals surface area contributed by atoms with E-state index in [9.17, 15) is 14.9 Å². The standard InChI is InChI=1S/C16H19N5O3.ClH/c1-11-10-17-8-6-14(11)18-16(22)15-7-9-20(19-15)12-2-4-13(5-3-12)21(23)24;/h2-5,7,9,11,14,17H,6,8,10H2,1H3,(H,18,22);1H. The van der Waals surface area contributed by atoms with Gasteiger partial charge in [-0.2, -0.15) is 5.10 Å². The van der Waals surface area contributed by atoms with Gasteiger partial charge in [0.1, 0.15) is 0 Å². The van der Waals surface area contributed by atoms with Gasteiger partial charge in [-0.3, -0.25) is 14.9 Å². The fourth-order valence-electron chi connectivity index (χ4n) is 2.79. The van der Waals surface area contributed by atoms with Crippen molar-refractivity contribution in [3.05, 3.63) is 52.3 Å². The van der Waals surface area contributed by atoms with Gasteiger partial charge in [0.15, 0.2) is 5.69 Å². The van der Waals surface area contributed by atoms with E-state index in [4.69, 9.17) is 0 Å². The lowest BCUT2D eigenvalue weighted by molar-refractivity contribution is -0.384. The van der Waals surface area contributed by atoms with Crippen molar-refractivity contribution in [2.75, 3.05) is 13.1 Å². The van der Waals surface area contributed by atoms with Crippen LogP contribution in [0.1, 0.15) is 23.8 Å². The third-order valence-electron chi connectivity index (χ3n) is 4.25. The molecular formula is C16H20ClN5O3. The summed E-state index contributed by atoms with van der Waals surface area (Å²) < 4.78 is 1.53. The molecule has 1 saturated heterocycles. The number of nitrogens with zero attached hydrogens (tertiary/aromatic N) is 3. The second-order valence-electron chi connectivity index (χ2n) is 5.97. The van der Waals surface area contributed by atoms with Gasteiger partial charge in [0.2, 0.25) is 0 Å². The van der Waals surface area contributed by atoms with Crippen molar-refractivity contribution >= 4 is 24.0 Å². The number of nitrogens with one attached hydrogen (secondary N) is 2. The molecule has 25 heavy (non-hydrogen) atoms. The molecule has 3 rings (SSSR count). The zero-order valence-electron chi connectivity index (χ0n) is 13.7. The van der Waals surface area contributed by atoms with Crippen LogP contribution >= 0.6 is 12.4 Å². The number of nitro benzene ring substituents is 1. The van der Waals surface area contributed by atoms with Crippen LogP contribution in [0.15, 0.2) is 36.5 Å². The van der Waals surface area contributed by atoms with Crippen LogP contribution in [0.2, 0.25) is 0 Å². The smallest absolute Gasteiger partial charge is 0.272 e. The number of rotatable bonds is 4. The van der Waals surface area contributed by atoms with E-state index in [2.05, 4.69) is 22.7 Å². The summed E-state index contributed by atoms with van der Waals surface area (Å²) in [7, 11) is 0. The van der Waals surface area contributed by atoms with Crippen molar-refractivity contribution in [2.45, 2.75) is 19.4 Å². The zero-order chi connectivity index (χ0) is 17.1. The van der Waals surface area contributed by atoms with E-state index in [1.807, 2.05) is 0 Å². The Labute approximate surface area is 151 Å². The molecule has 0 spiro atoms. The highest BCUT2D eigenvalue weighted by molar-refractivity contribution is 5.92. The van der Waals surface area contributed by atoms with Crippen molar-refractivity contribution in [2.24, 2.45) is 5.92 Å². The summed E-state index contributed by atoms with van der Waals surface area (Å²) in [5.41, 5.74) is 1.01. The average molecular weight is 366 g/mol. The molecule has 1 aromatic carbocycles.